The lowest BCUT2D eigenvalue weighted by Gasteiger charge is -2.15. The van der Waals surface area contributed by atoms with Crippen molar-refractivity contribution in [2.75, 3.05) is 13.7 Å². The van der Waals surface area contributed by atoms with E-state index in [0.717, 1.165) is 18.5 Å². The van der Waals surface area contributed by atoms with E-state index in [4.69, 9.17) is 17.0 Å². The lowest BCUT2D eigenvalue weighted by molar-refractivity contribution is 0.254. The molecule has 0 aromatic heterocycles. The van der Waals surface area contributed by atoms with E-state index in [-0.39, 0.29) is 13.2 Å². The van der Waals surface area contributed by atoms with Gasteiger partial charge in [0, 0.05) is 17.7 Å². The third-order valence-electron chi connectivity index (χ3n) is 3.93. The van der Waals surface area contributed by atoms with E-state index in [1.54, 1.807) is 13.2 Å². The lowest BCUT2D eigenvalue weighted by Crippen LogP contribution is -2.23. The van der Waals surface area contributed by atoms with Crippen LogP contribution in [-0.4, -0.2) is 28.9 Å². The highest BCUT2D eigenvalue weighted by Gasteiger charge is 2.12. The molecule has 130 valence electrons. The third kappa shape index (κ3) is 6.45. The number of rotatable bonds is 11. The smallest absolute Gasteiger partial charge is 0.125 e. The molecule has 0 bridgehead atoms. The first-order valence-electron chi connectivity index (χ1n) is 8.37. The van der Waals surface area contributed by atoms with Crippen LogP contribution in [0.15, 0.2) is 12.1 Å². The first-order chi connectivity index (χ1) is 11.2. The second-order valence-electron chi connectivity index (χ2n) is 5.66. The van der Waals surface area contributed by atoms with Crippen molar-refractivity contribution in [1.82, 2.24) is 5.32 Å². The van der Waals surface area contributed by atoms with Crippen molar-refractivity contribution in [2.45, 2.75) is 58.7 Å². The van der Waals surface area contributed by atoms with Crippen molar-refractivity contribution in [3.63, 3.8) is 0 Å². The monoisotopic (exact) mass is 339 g/mol. The van der Waals surface area contributed by atoms with E-state index < -0.39 is 0 Å². The van der Waals surface area contributed by atoms with Crippen LogP contribution in [0.1, 0.15) is 62.1 Å². The summed E-state index contributed by atoms with van der Waals surface area (Å²) >= 11 is 5.42. The molecule has 0 unspecified atom stereocenters. The van der Waals surface area contributed by atoms with Gasteiger partial charge in [0.05, 0.1) is 20.3 Å². The zero-order valence-corrected chi connectivity index (χ0v) is 15.0. The molecule has 1 rings (SSSR count). The van der Waals surface area contributed by atoms with Crippen molar-refractivity contribution in [3.8, 4) is 5.75 Å². The molecule has 0 saturated carbocycles. The molecule has 0 aliphatic carbocycles. The van der Waals surface area contributed by atoms with Crippen molar-refractivity contribution in [3.05, 3.63) is 28.8 Å². The Kier molecular flexibility index (Phi) is 9.83. The summed E-state index contributed by atoms with van der Waals surface area (Å²) in [6, 6.07) is 3.62. The minimum absolute atomic E-state index is 0.153. The molecule has 0 radical (unpaired) electrons. The van der Waals surface area contributed by atoms with Gasteiger partial charge in [0.25, 0.3) is 0 Å². The van der Waals surface area contributed by atoms with Crippen molar-refractivity contribution in [2.24, 2.45) is 0 Å². The molecule has 0 heterocycles. The molecule has 1 aromatic rings. The fraction of sp³-hybridized carbons (Fsp3) is 0.611. The SMILES string of the molecule is CCCCCCCCNC(=S)c1cc(CO)c(CO)c(OC)c1. The van der Waals surface area contributed by atoms with Crippen LogP contribution >= 0.6 is 12.2 Å². The van der Waals surface area contributed by atoms with Gasteiger partial charge in [-0.2, -0.15) is 0 Å². The van der Waals surface area contributed by atoms with Crippen LogP contribution in [0.5, 0.6) is 5.75 Å². The largest absolute Gasteiger partial charge is 0.496 e. The van der Waals surface area contributed by atoms with Gasteiger partial charge in [-0.3, -0.25) is 0 Å². The average Bonchev–Trinajstić information content (AvgIpc) is 2.59. The van der Waals surface area contributed by atoms with Crippen molar-refractivity contribution in [1.29, 1.82) is 0 Å². The number of thiocarbonyl (C=S) groups is 1. The summed E-state index contributed by atoms with van der Waals surface area (Å²) in [6.45, 7) is 2.75. The summed E-state index contributed by atoms with van der Waals surface area (Å²) in [5.41, 5.74) is 2.06. The average molecular weight is 340 g/mol. The molecule has 0 saturated heterocycles. The minimum atomic E-state index is -0.169. The summed E-state index contributed by atoms with van der Waals surface area (Å²) in [4.78, 5) is 0.649. The Balaban J connectivity index is 2.56. The van der Waals surface area contributed by atoms with Gasteiger partial charge in [-0.15, -0.1) is 0 Å². The number of benzene rings is 1. The van der Waals surface area contributed by atoms with Gasteiger partial charge in [0.15, 0.2) is 0 Å². The summed E-state index contributed by atoms with van der Waals surface area (Å²) in [5.74, 6) is 0.553. The second kappa shape index (κ2) is 11.4. The molecule has 0 fully saturated rings. The number of methoxy groups -OCH3 is 1. The van der Waals surface area contributed by atoms with E-state index in [1.807, 2.05) is 6.07 Å². The number of aliphatic hydroxyl groups excluding tert-OH is 2. The third-order valence-corrected chi connectivity index (χ3v) is 4.31. The Hall–Kier alpha value is -1.17. The van der Waals surface area contributed by atoms with Gasteiger partial charge in [-0.25, -0.2) is 0 Å². The van der Waals surface area contributed by atoms with Crippen LogP contribution in [0.2, 0.25) is 0 Å². The number of ether oxygens (including phenoxy) is 1. The Morgan fingerprint density at radius 1 is 1.09 bits per heavy atom. The van der Waals surface area contributed by atoms with Crippen LogP contribution in [0.25, 0.3) is 0 Å². The van der Waals surface area contributed by atoms with Crippen LogP contribution in [0.3, 0.4) is 0 Å². The number of nitrogens with one attached hydrogen (secondary N) is 1. The van der Waals surface area contributed by atoms with Crippen LogP contribution in [-0.2, 0) is 13.2 Å². The molecule has 0 atom stereocenters. The van der Waals surface area contributed by atoms with E-state index in [9.17, 15) is 10.2 Å². The number of hydrogen-bond acceptors (Lipinski definition) is 4. The Morgan fingerprint density at radius 3 is 2.39 bits per heavy atom. The zero-order valence-electron chi connectivity index (χ0n) is 14.2. The molecule has 0 aliphatic heterocycles. The molecular formula is C18H29NO3S. The molecule has 0 spiro atoms. The van der Waals surface area contributed by atoms with Gasteiger partial charge < -0.3 is 20.3 Å². The minimum Gasteiger partial charge on any atom is -0.496 e. The summed E-state index contributed by atoms with van der Waals surface area (Å²) in [5, 5.41) is 22.1. The van der Waals surface area contributed by atoms with E-state index in [1.165, 1.54) is 32.1 Å². The molecule has 4 nitrogen and oxygen atoms in total. The lowest BCUT2D eigenvalue weighted by atomic mass is 10.0. The Labute approximate surface area is 144 Å². The normalized spacial score (nSPS) is 10.6. The predicted molar refractivity (Wildman–Crippen MR) is 97.9 cm³/mol. The second-order valence-corrected chi connectivity index (χ2v) is 6.06. The first-order valence-corrected chi connectivity index (χ1v) is 8.78. The van der Waals surface area contributed by atoms with Crippen LogP contribution in [0.4, 0.5) is 0 Å². The quantitative estimate of drug-likeness (QED) is 0.426. The van der Waals surface area contributed by atoms with Crippen molar-refractivity contribution < 1.29 is 14.9 Å². The van der Waals surface area contributed by atoms with Gasteiger partial charge in [-0.05, 0) is 24.1 Å². The topological polar surface area (TPSA) is 61.7 Å². The van der Waals surface area contributed by atoms with Gasteiger partial charge in [-0.1, -0.05) is 51.2 Å². The van der Waals surface area contributed by atoms with E-state index in [2.05, 4.69) is 12.2 Å². The molecule has 0 aliphatic rings. The van der Waals surface area contributed by atoms with Crippen molar-refractivity contribution >= 4 is 17.2 Å². The standard InChI is InChI=1S/C18H29NO3S/c1-3-4-5-6-7-8-9-19-18(23)14-10-15(12-20)16(13-21)17(11-14)22-2/h10-11,20-21H,3-9,12-13H2,1-2H3,(H,19,23). The number of aliphatic hydroxyl groups is 2. The predicted octanol–water partition coefficient (Wildman–Crippen LogP) is 3.31. The fourth-order valence-electron chi connectivity index (χ4n) is 2.55. The maximum atomic E-state index is 9.46. The van der Waals surface area contributed by atoms with E-state index in [0.29, 0.717) is 21.9 Å². The van der Waals surface area contributed by atoms with Crippen LogP contribution in [0, 0.1) is 0 Å². The first kappa shape index (κ1) is 19.9. The molecule has 23 heavy (non-hydrogen) atoms. The van der Waals surface area contributed by atoms with Gasteiger partial charge in [0.2, 0.25) is 0 Å². The summed E-state index contributed by atoms with van der Waals surface area (Å²) in [7, 11) is 1.55. The molecule has 5 heteroatoms. The highest BCUT2D eigenvalue weighted by molar-refractivity contribution is 7.80. The van der Waals surface area contributed by atoms with Gasteiger partial charge >= 0.3 is 0 Å². The van der Waals surface area contributed by atoms with Gasteiger partial charge in [0.1, 0.15) is 10.7 Å². The summed E-state index contributed by atoms with van der Waals surface area (Å²) < 4.78 is 5.29. The molecule has 3 N–H and O–H groups in total. The highest BCUT2D eigenvalue weighted by Crippen LogP contribution is 2.25. The fourth-order valence-corrected chi connectivity index (χ4v) is 2.77. The summed E-state index contributed by atoms with van der Waals surface area (Å²) in [6.07, 6.45) is 7.47. The van der Waals surface area contributed by atoms with Crippen LogP contribution < -0.4 is 10.1 Å². The number of hydrogen-bond donors (Lipinski definition) is 3. The maximum Gasteiger partial charge on any atom is 0.125 e. The zero-order chi connectivity index (χ0) is 17.1. The van der Waals surface area contributed by atoms with E-state index >= 15 is 0 Å². The Morgan fingerprint density at radius 2 is 1.78 bits per heavy atom. The highest BCUT2D eigenvalue weighted by atomic mass is 32.1. The maximum absolute atomic E-state index is 9.46. The molecule has 1 aromatic carbocycles. The molecule has 0 amide bonds. The Bertz CT molecular complexity index is 466. The molecular weight excluding hydrogens is 310 g/mol. The number of unbranched alkanes of at least 4 members (excludes halogenated alkanes) is 5.